The van der Waals surface area contributed by atoms with Crippen LogP contribution in [0.1, 0.15) is 42.1 Å². The van der Waals surface area contributed by atoms with Gasteiger partial charge in [-0.2, -0.15) is 0 Å². The Morgan fingerprint density at radius 2 is 2.07 bits per heavy atom. The van der Waals surface area contributed by atoms with Crippen LogP contribution >= 0.6 is 0 Å². The third-order valence-corrected chi connectivity index (χ3v) is 4.07. The molecule has 0 fully saturated rings. The van der Waals surface area contributed by atoms with Crippen molar-refractivity contribution in [2.24, 2.45) is 5.73 Å². The van der Waals surface area contributed by atoms with Gasteiger partial charge >= 0.3 is 5.97 Å². The fraction of sp³-hybridized carbons (Fsp3) is 0.400. The van der Waals surface area contributed by atoms with E-state index in [0.717, 1.165) is 0 Å². The molecule has 1 aliphatic rings. The minimum atomic E-state index is -1.35. The third kappa shape index (κ3) is 5.49. The highest BCUT2D eigenvalue weighted by Crippen LogP contribution is 2.23. The van der Waals surface area contributed by atoms with Gasteiger partial charge in [-0.25, -0.2) is 9.78 Å². The maximum absolute atomic E-state index is 12.5. The molecule has 1 aliphatic heterocycles. The van der Waals surface area contributed by atoms with Crippen molar-refractivity contribution < 1.29 is 23.8 Å². The maximum Gasteiger partial charge on any atom is 0.361 e. The lowest BCUT2D eigenvalue weighted by Gasteiger charge is -2.24. The second-order valence-corrected chi connectivity index (χ2v) is 6.47. The van der Waals surface area contributed by atoms with Crippen molar-refractivity contribution in [2.75, 3.05) is 13.2 Å². The van der Waals surface area contributed by atoms with Crippen LogP contribution in [0.25, 0.3) is 0 Å². The van der Waals surface area contributed by atoms with Crippen molar-refractivity contribution in [3.05, 3.63) is 57.8 Å². The van der Waals surface area contributed by atoms with Crippen LogP contribution in [0.3, 0.4) is 0 Å². The lowest BCUT2D eigenvalue weighted by Crippen LogP contribution is -2.42. The Balaban J connectivity index is 0.000000360. The van der Waals surface area contributed by atoms with Gasteiger partial charge in [-0.1, -0.05) is 35.9 Å². The number of fused-ring (bicyclic) bond motifs is 1. The van der Waals surface area contributed by atoms with Gasteiger partial charge in [-0.05, 0) is 27.2 Å². The van der Waals surface area contributed by atoms with E-state index in [9.17, 15) is 14.4 Å². The number of carbonyl (C=O) groups is 2. The summed E-state index contributed by atoms with van der Waals surface area (Å²) in [6, 6.07) is 10.3. The molecule has 0 spiro atoms. The smallest absolute Gasteiger partial charge is 0.361 e. The van der Waals surface area contributed by atoms with Gasteiger partial charge < -0.3 is 14.2 Å². The van der Waals surface area contributed by atoms with Crippen molar-refractivity contribution in [3.8, 4) is 5.75 Å². The minimum absolute atomic E-state index is 0.0585. The standard InChI is InChI=1S/C13H17N3O6.C7H8/c1-3-20-11(19)8-9(21-7-17)10(18)16-5-4-6-22-13(2,14)12(16)15-8;1-7-5-3-2-4-6-7/h7H,3-6,14H2,1-2H3;2-6H,1H3. The molecule has 29 heavy (non-hydrogen) atoms. The topological polar surface area (TPSA) is 123 Å². The molecule has 156 valence electrons. The summed E-state index contributed by atoms with van der Waals surface area (Å²) in [6.45, 7) is 5.97. The number of benzene rings is 1. The van der Waals surface area contributed by atoms with E-state index in [2.05, 4.69) is 28.8 Å². The number of hydrogen-bond donors (Lipinski definition) is 1. The largest absolute Gasteiger partial charge is 0.461 e. The van der Waals surface area contributed by atoms with Crippen LogP contribution in [-0.4, -0.2) is 35.2 Å². The van der Waals surface area contributed by atoms with Crippen molar-refractivity contribution in [1.29, 1.82) is 0 Å². The van der Waals surface area contributed by atoms with Crippen LogP contribution in [0.15, 0.2) is 35.1 Å². The van der Waals surface area contributed by atoms with E-state index in [1.807, 2.05) is 18.2 Å². The zero-order valence-corrected chi connectivity index (χ0v) is 16.7. The lowest BCUT2D eigenvalue weighted by atomic mass is 10.2. The molecule has 3 rings (SSSR count). The summed E-state index contributed by atoms with van der Waals surface area (Å²) in [6.07, 6.45) is 0.528. The van der Waals surface area contributed by atoms with Crippen LogP contribution in [0.4, 0.5) is 0 Å². The molecule has 1 aromatic heterocycles. The Labute approximate surface area is 168 Å². The number of hydrogen-bond acceptors (Lipinski definition) is 8. The van der Waals surface area contributed by atoms with Gasteiger partial charge in [-0.15, -0.1) is 0 Å². The first-order valence-corrected chi connectivity index (χ1v) is 9.19. The maximum atomic E-state index is 12.5. The molecule has 0 aliphatic carbocycles. The average molecular weight is 403 g/mol. The van der Waals surface area contributed by atoms with E-state index in [0.29, 0.717) is 13.0 Å². The molecule has 0 saturated heterocycles. The Kier molecular flexibility index (Phi) is 7.63. The predicted octanol–water partition coefficient (Wildman–Crippen LogP) is 1.50. The fourth-order valence-electron chi connectivity index (χ4n) is 2.72. The Morgan fingerprint density at radius 3 is 2.62 bits per heavy atom. The van der Waals surface area contributed by atoms with E-state index in [1.54, 1.807) is 6.92 Å². The molecule has 2 heterocycles. The molecular formula is C20H25N3O6. The van der Waals surface area contributed by atoms with Crippen LogP contribution in [0.2, 0.25) is 0 Å². The number of ether oxygens (including phenoxy) is 3. The number of nitrogens with zero attached hydrogens (tertiary/aromatic N) is 2. The second-order valence-electron chi connectivity index (χ2n) is 6.47. The molecule has 0 radical (unpaired) electrons. The summed E-state index contributed by atoms with van der Waals surface area (Å²) in [5.41, 5.74) is 4.92. The van der Waals surface area contributed by atoms with E-state index < -0.39 is 28.7 Å². The van der Waals surface area contributed by atoms with E-state index in [4.69, 9.17) is 15.2 Å². The molecule has 0 saturated carbocycles. The highest BCUT2D eigenvalue weighted by molar-refractivity contribution is 5.90. The number of rotatable bonds is 4. The van der Waals surface area contributed by atoms with Gasteiger partial charge in [-0.3, -0.25) is 19.9 Å². The van der Waals surface area contributed by atoms with Crippen LogP contribution < -0.4 is 16.0 Å². The summed E-state index contributed by atoms with van der Waals surface area (Å²) in [5, 5.41) is 0. The second kappa shape index (κ2) is 9.94. The monoisotopic (exact) mass is 403 g/mol. The highest BCUT2D eigenvalue weighted by Gasteiger charge is 2.34. The summed E-state index contributed by atoms with van der Waals surface area (Å²) in [5.74, 6) is -1.27. The average Bonchev–Trinajstić information content (AvgIpc) is 2.83. The molecule has 2 aromatic rings. The zero-order chi connectivity index (χ0) is 21.4. The minimum Gasteiger partial charge on any atom is -0.461 e. The van der Waals surface area contributed by atoms with Gasteiger partial charge in [0.15, 0.2) is 17.2 Å². The van der Waals surface area contributed by atoms with Crippen LogP contribution in [-0.2, 0) is 26.5 Å². The predicted molar refractivity (Wildman–Crippen MR) is 104 cm³/mol. The molecule has 9 nitrogen and oxygen atoms in total. The van der Waals surface area contributed by atoms with E-state index in [-0.39, 0.29) is 25.4 Å². The highest BCUT2D eigenvalue weighted by atomic mass is 16.5. The van der Waals surface area contributed by atoms with E-state index >= 15 is 0 Å². The lowest BCUT2D eigenvalue weighted by molar-refractivity contribution is -0.120. The number of aromatic nitrogens is 2. The van der Waals surface area contributed by atoms with Gasteiger partial charge in [0.1, 0.15) is 0 Å². The summed E-state index contributed by atoms with van der Waals surface area (Å²) < 4.78 is 16.2. The Bertz CT molecular complexity index is 908. The first-order chi connectivity index (χ1) is 13.8. The molecule has 1 atom stereocenters. The van der Waals surface area contributed by atoms with Crippen molar-refractivity contribution in [1.82, 2.24) is 9.55 Å². The van der Waals surface area contributed by atoms with Gasteiger partial charge in [0.25, 0.3) is 12.0 Å². The van der Waals surface area contributed by atoms with Crippen LogP contribution in [0, 0.1) is 6.92 Å². The van der Waals surface area contributed by atoms with Gasteiger partial charge in [0.05, 0.1) is 13.2 Å². The quantitative estimate of drug-likeness (QED) is 0.602. The molecule has 1 aromatic carbocycles. The summed E-state index contributed by atoms with van der Waals surface area (Å²) in [7, 11) is 0. The summed E-state index contributed by atoms with van der Waals surface area (Å²) in [4.78, 5) is 39.2. The third-order valence-electron chi connectivity index (χ3n) is 4.07. The number of aryl methyl sites for hydroxylation is 1. The Morgan fingerprint density at radius 1 is 1.38 bits per heavy atom. The van der Waals surface area contributed by atoms with Crippen molar-refractivity contribution >= 4 is 12.4 Å². The first kappa shape index (κ1) is 22.3. The number of carbonyl (C=O) groups excluding carboxylic acids is 2. The Hall–Kier alpha value is -3.04. The SMILES string of the molecule is CCOC(=O)c1nc2n(c(=O)c1OC=O)CCCOC2(C)N.Cc1ccccc1. The van der Waals surface area contributed by atoms with Crippen molar-refractivity contribution in [3.63, 3.8) is 0 Å². The zero-order valence-electron chi connectivity index (χ0n) is 16.7. The van der Waals surface area contributed by atoms with Crippen molar-refractivity contribution in [2.45, 2.75) is 39.5 Å². The molecule has 1 unspecified atom stereocenters. The first-order valence-electron chi connectivity index (χ1n) is 9.19. The molecule has 9 heteroatoms. The van der Waals surface area contributed by atoms with Crippen LogP contribution in [0.5, 0.6) is 5.75 Å². The molecule has 0 amide bonds. The number of nitrogens with two attached hydrogens (primary N) is 1. The fourth-order valence-corrected chi connectivity index (χ4v) is 2.72. The number of esters is 1. The van der Waals surface area contributed by atoms with E-state index in [1.165, 1.54) is 17.1 Å². The molecular weight excluding hydrogens is 378 g/mol. The van der Waals surface area contributed by atoms with Gasteiger partial charge in [0, 0.05) is 6.54 Å². The molecule has 0 bridgehead atoms. The normalized spacial score (nSPS) is 17.8. The summed E-state index contributed by atoms with van der Waals surface area (Å²) >= 11 is 0. The van der Waals surface area contributed by atoms with Gasteiger partial charge in [0.2, 0.25) is 5.75 Å². The molecule has 2 N–H and O–H groups in total.